The van der Waals surface area contributed by atoms with Gasteiger partial charge in [-0.25, -0.2) is 14.3 Å². The number of phosphoric ester groups is 1. The highest BCUT2D eigenvalue weighted by Crippen LogP contribution is 2.45. The summed E-state index contributed by atoms with van der Waals surface area (Å²) in [5.41, 5.74) is 5.96. The summed E-state index contributed by atoms with van der Waals surface area (Å²) in [6.45, 7) is 4.81. The average molecular weight is 407 g/mol. The Balaban J connectivity index is 1.85. The lowest BCUT2D eigenvalue weighted by Crippen LogP contribution is -2.32. The van der Waals surface area contributed by atoms with Gasteiger partial charge in [0.05, 0.1) is 19.5 Å². The smallest absolute Gasteiger partial charge is 0.461 e. The van der Waals surface area contributed by atoms with Crippen LogP contribution in [0.1, 0.15) is 37.5 Å². The Morgan fingerprint density at radius 2 is 2.07 bits per heavy atom. The van der Waals surface area contributed by atoms with E-state index >= 15 is 0 Å². The SMILES string of the molecule is CCOC(=O)c1ncn([C@@H]2O[C@H](COP(=O)(O)O)[C@H]3OC(C)(C)O[C@@H]32)c1N. The van der Waals surface area contributed by atoms with Crippen molar-refractivity contribution >= 4 is 19.6 Å². The molecule has 0 aromatic carbocycles. The van der Waals surface area contributed by atoms with Crippen molar-refractivity contribution in [2.45, 2.75) is 51.1 Å². The van der Waals surface area contributed by atoms with E-state index in [-0.39, 0.29) is 18.1 Å². The Morgan fingerprint density at radius 3 is 2.70 bits per heavy atom. The first-order chi connectivity index (χ1) is 12.5. The lowest BCUT2D eigenvalue weighted by molar-refractivity contribution is -0.199. The number of carbonyl (C=O) groups excluding carboxylic acids is 1. The fourth-order valence-electron chi connectivity index (χ4n) is 3.12. The Hall–Kier alpha value is -1.53. The number of phosphoric acid groups is 1. The standard InChI is InChI=1S/C14H22N3O9P/c1-4-22-13(18)8-11(15)17(6-16-8)12-10-9(25-14(2,3)26-10)7(24-12)5-23-27(19,20)21/h6-7,9-10,12H,4-5,15H2,1-3H3,(H2,19,20,21)/t7-,9-,10+,12-/m1/s1. The van der Waals surface area contributed by atoms with Crippen LogP contribution in [0.5, 0.6) is 0 Å². The third kappa shape index (κ3) is 4.16. The molecule has 0 saturated carbocycles. The van der Waals surface area contributed by atoms with Gasteiger partial charge in [-0.15, -0.1) is 0 Å². The molecule has 0 amide bonds. The van der Waals surface area contributed by atoms with Crippen molar-refractivity contribution in [1.82, 2.24) is 9.55 Å². The molecule has 0 spiro atoms. The second kappa shape index (κ2) is 7.13. The highest BCUT2D eigenvalue weighted by Gasteiger charge is 2.56. The van der Waals surface area contributed by atoms with Crippen LogP contribution in [0.15, 0.2) is 6.33 Å². The lowest BCUT2D eigenvalue weighted by Gasteiger charge is -2.25. The second-order valence-corrected chi connectivity index (χ2v) is 7.76. The molecule has 13 heteroatoms. The molecular weight excluding hydrogens is 385 g/mol. The van der Waals surface area contributed by atoms with Crippen LogP contribution in [-0.4, -0.2) is 62.6 Å². The summed E-state index contributed by atoms with van der Waals surface area (Å²) in [6, 6.07) is 0. The summed E-state index contributed by atoms with van der Waals surface area (Å²) < 4.78 is 39.3. The van der Waals surface area contributed by atoms with Crippen LogP contribution in [0.25, 0.3) is 0 Å². The maximum Gasteiger partial charge on any atom is 0.469 e. The van der Waals surface area contributed by atoms with Gasteiger partial charge in [-0.05, 0) is 20.8 Å². The first-order valence-electron chi connectivity index (χ1n) is 8.23. The van der Waals surface area contributed by atoms with Crippen molar-refractivity contribution in [1.29, 1.82) is 0 Å². The molecule has 1 aromatic heterocycles. The Labute approximate surface area is 154 Å². The van der Waals surface area contributed by atoms with E-state index in [9.17, 15) is 9.36 Å². The minimum atomic E-state index is -4.69. The summed E-state index contributed by atoms with van der Waals surface area (Å²) in [5, 5.41) is 0. The maximum absolute atomic E-state index is 11.9. The molecule has 0 aliphatic carbocycles. The number of nitrogens with two attached hydrogens (primary N) is 1. The zero-order valence-corrected chi connectivity index (χ0v) is 15.9. The number of imidazole rings is 1. The van der Waals surface area contributed by atoms with Gasteiger partial charge in [0.2, 0.25) is 0 Å². The van der Waals surface area contributed by atoms with Gasteiger partial charge >= 0.3 is 13.8 Å². The second-order valence-electron chi connectivity index (χ2n) is 6.52. The molecule has 152 valence electrons. The van der Waals surface area contributed by atoms with Gasteiger partial charge in [-0.2, -0.15) is 0 Å². The van der Waals surface area contributed by atoms with Crippen LogP contribution in [0, 0.1) is 0 Å². The van der Waals surface area contributed by atoms with Gasteiger partial charge in [-0.3, -0.25) is 9.09 Å². The zero-order valence-electron chi connectivity index (χ0n) is 15.0. The zero-order chi connectivity index (χ0) is 20.0. The van der Waals surface area contributed by atoms with Gasteiger partial charge in [0.1, 0.15) is 24.1 Å². The number of ether oxygens (including phenoxy) is 4. The molecule has 0 radical (unpaired) electrons. The molecule has 2 aliphatic rings. The van der Waals surface area contributed by atoms with E-state index in [4.69, 9.17) is 34.5 Å². The number of nitrogen functional groups attached to an aromatic ring is 1. The van der Waals surface area contributed by atoms with Crippen molar-refractivity contribution in [2.75, 3.05) is 18.9 Å². The van der Waals surface area contributed by atoms with Crippen LogP contribution in [0.2, 0.25) is 0 Å². The monoisotopic (exact) mass is 407 g/mol. The Bertz CT molecular complexity index is 761. The summed E-state index contributed by atoms with van der Waals surface area (Å²) >= 11 is 0. The Kier molecular flexibility index (Phi) is 5.34. The van der Waals surface area contributed by atoms with Gasteiger partial charge < -0.3 is 34.5 Å². The molecule has 2 fully saturated rings. The van der Waals surface area contributed by atoms with Crippen LogP contribution in [0.4, 0.5) is 5.82 Å². The van der Waals surface area contributed by atoms with Crippen molar-refractivity contribution in [3.63, 3.8) is 0 Å². The van der Waals surface area contributed by atoms with E-state index in [0.29, 0.717) is 0 Å². The van der Waals surface area contributed by atoms with E-state index in [1.165, 1.54) is 10.9 Å². The number of nitrogens with zero attached hydrogens (tertiary/aromatic N) is 2. The number of hydrogen-bond acceptors (Lipinski definition) is 9. The maximum atomic E-state index is 11.9. The number of fused-ring (bicyclic) bond motifs is 1. The molecule has 2 saturated heterocycles. The summed E-state index contributed by atoms with van der Waals surface area (Å²) in [5.74, 6) is -1.60. The van der Waals surface area contributed by atoms with Crippen LogP contribution in [0.3, 0.4) is 0 Å². The highest BCUT2D eigenvalue weighted by atomic mass is 31.2. The van der Waals surface area contributed by atoms with Gasteiger partial charge in [0, 0.05) is 0 Å². The van der Waals surface area contributed by atoms with Crippen LogP contribution < -0.4 is 5.73 Å². The highest BCUT2D eigenvalue weighted by molar-refractivity contribution is 7.46. The summed E-state index contributed by atoms with van der Waals surface area (Å²) in [6.07, 6.45) is -1.68. The molecule has 12 nitrogen and oxygen atoms in total. The molecule has 27 heavy (non-hydrogen) atoms. The summed E-state index contributed by atoms with van der Waals surface area (Å²) in [4.78, 5) is 33.8. The normalized spacial score (nSPS) is 29.7. The first kappa shape index (κ1) is 20.2. The molecular formula is C14H22N3O9P. The molecule has 3 heterocycles. The fourth-order valence-corrected chi connectivity index (χ4v) is 3.46. The van der Waals surface area contributed by atoms with Gasteiger partial charge in [-0.1, -0.05) is 0 Å². The molecule has 4 N–H and O–H groups in total. The van der Waals surface area contributed by atoms with Crippen molar-refractivity contribution in [2.24, 2.45) is 0 Å². The van der Waals surface area contributed by atoms with E-state index in [1.807, 2.05) is 0 Å². The number of hydrogen-bond donors (Lipinski definition) is 3. The lowest BCUT2D eigenvalue weighted by atomic mass is 10.1. The molecule has 3 rings (SSSR count). The van der Waals surface area contributed by atoms with Crippen LogP contribution >= 0.6 is 7.82 Å². The van der Waals surface area contributed by atoms with E-state index < -0.39 is 50.7 Å². The molecule has 4 atom stereocenters. The molecule has 2 aliphatic heterocycles. The topological polar surface area (TPSA) is 165 Å². The minimum Gasteiger partial charge on any atom is -0.461 e. The third-order valence-electron chi connectivity index (χ3n) is 4.11. The van der Waals surface area contributed by atoms with Gasteiger partial charge in [0.25, 0.3) is 0 Å². The quantitative estimate of drug-likeness (QED) is 0.435. The van der Waals surface area contributed by atoms with Crippen molar-refractivity contribution < 1.29 is 42.6 Å². The van der Waals surface area contributed by atoms with E-state index in [2.05, 4.69) is 9.51 Å². The number of aromatic nitrogens is 2. The average Bonchev–Trinajstić information content (AvgIpc) is 3.16. The number of esters is 1. The number of rotatable bonds is 6. The summed E-state index contributed by atoms with van der Waals surface area (Å²) in [7, 11) is -4.69. The van der Waals surface area contributed by atoms with Crippen LogP contribution in [-0.2, 0) is 28.0 Å². The fraction of sp³-hybridized carbons (Fsp3) is 0.714. The largest absolute Gasteiger partial charge is 0.469 e. The third-order valence-corrected chi connectivity index (χ3v) is 4.59. The number of carbonyl (C=O) groups is 1. The molecule has 1 aromatic rings. The first-order valence-corrected chi connectivity index (χ1v) is 9.76. The molecule has 0 bridgehead atoms. The minimum absolute atomic E-state index is 0.0158. The Morgan fingerprint density at radius 1 is 1.41 bits per heavy atom. The van der Waals surface area contributed by atoms with E-state index in [1.54, 1.807) is 20.8 Å². The number of anilines is 1. The predicted octanol–water partition coefficient (Wildman–Crippen LogP) is 0.169. The van der Waals surface area contributed by atoms with Crippen molar-refractivity contribution in [3.8, 4) is 0 Å². The predicted molar refractivity (Wildman–Crippen MR) is 88.3 cm³/mol. The molecule has 0 unspecified atom stereocenters. The van der Waals surface area contributed by atoms with E-state index in [0.717, 1.165) is 0 Å². The van der Waals surface area contributed by atoms with Crippen molar-refractivity contribution in [3.05, 3.63) is 12.0 Å². The van der Waals surface area contributed by atoms with Gasteiger partial charge in [0.15, 0.2) is 17.7 Å².